The van der Waals surface area contributed by atoms with Gasteiger partial charge in [-0.25, -0.2) is 0 Å². The van der Waals surface area contributed by atoms with Gasteiger partial charge in [0.15, 0.2) is 0 Å². The van der Waals surface area contributed by atoms with Crippen LogP contribution in [0.4, 0.5) is 0 Å². The Hall–Kier alpha value is -2.85. The Labute approximate surface area is 185 Å². The SMILES string of the molecule is Cn1cccc1C(CNC(=O)Cc1ccc(-c2ccccc2)cc1)N1CCCCCC1. The maximum absolute atomic E-state index is 12.7. The number of likely N-dealkylation sites (tertiary alicyclic amines) is 1. The van der Waals surface area contributed by atoms with Gasteiger partial charge >= 0.3 is 0 Å². The van der Waals surface area contributed by atoms with Crippen LogP contribution >= 0.6 is 0 Å². The minimum Gasteiger partial charge on any atom is -0.354 e. The Kier molecular flexibility index (Phi) is 7.21. The minimum absolute atomic E-state index is 0.0847. The van der Waals surface area contributed by atoms with Crippen molar-refractivity contribution in [1.82, 2.24) is 14.8 Å². The third-order valence-electron chi connectivity index (χ3n) is 6.33. The summed E-state index contributed by atoms with van der Waals surface area (Å²) in [6.07, 6.45) is 7.60. The van der Waals surface area contributed by atoms with Gasteiger partial charge in [-0.1, -0.05) is 67.4 Å². The highest BCUT2D eigenvalue weighted by atomic mass is 16.1. The molecule has 1 aliphatic heterocycles. The summed E-state index contributed by atoms with van der Waals surface area (Å²) in [5.74, 6) is 0.0847. The molecule has 1 saturated heterocycles. The molecule has 0 aliphatic carbocycles. The molecule has 1 aliphatic rings. The van der Waals surface area contributed by atoms with Gasteiger partial charge < -0.3 is 9.88 Å². The third kappa shape index (κ3) is 5.65. The van der Waals surface area contributed by atoms with E-state index in [-0.39, 0.29) is 11.9 Å². The first-order valence-corrected chi connectivity index (χ1v) is 11.5. The van der Waals surface area contributed by atoms with Crippen molar-refractivity contribution in [2.24, 2.45) is 7.05 Å². The van der Waals surface area contributed by atoms with Gasteiger partial charge in [0.2, 0.25) is 5.91 Å². The highest BCUT2D eigenvalue weighted by Crippen LogP contribution is 2.24. The lowest BCUT2D eigenvalue weighted by Crippen LogP contribution is -2.39. The average molecular weight is 416 g/mol. The van der Waals surface area contributed by atoms with Crippen molar-refractivity contribution in [3.05, 3.63) is 84.2 Å². The van der Waals surface area contributed by atoms with Crippen molar-refractivity contribution >= 4 is 5.91 Å². The van der Waals surface area contributed by atoms with Crippen LogP contribution in [0.5, 0.6) is 0 Å². The largest absolute Gasteiger partial charge is 0.354 e. The number of nitrogens with zero attached hydrogens (tertiary/aromatic N) is 2. The number of carbonyl (C=O) groups excluding carboxylic acids is 1. The molecule has 0 spiro atoms. The Bertz CT molecular complexity index is 954. The number of benzene rings is 2. The van der Waals surface area contributed by atoms with Crippen LogP contribution in [0, 0.1) is 0 Å². The quantitative estimate of drug-likeness (QED) is 0.592. The molecule has 162 valence electrons. The number of nitrogens with one attached hydrogen (secondary N) is 1. The second-order valence-corrected chi connectivity index (χ2v) is 8.55. The van der Waals surface area contributed by atoms with E-state index in [0.717, 1.165) is 18.7 Å². The molecular weight excluding hydrogens is 382 g/mol. The van der Waals surface area contributed by atoms with Gasteiger partial charge in [-0.15, -0.1) is 0 Å². The molecule has 1 aromatic heterocycles. The minimum atomic E-state index is 0.0847. The summed E-state index contributed by atoms with van der Waals surface area (Å²) >= 11 is 0. The lowest BCUT2D eigenvalue weighted by atomic mass is 10.0. The molecule has 0 radical (unpaired) electrons. The fourth-order valence-electron chi connectivity index (χ4n) is 4.55. The summed E-state index contributed by atoms with van der Waals surface area (Å²) in [4.78, 5) is 15.3. The number of hydrogen-bond acceptors (Lipinski definition) is 2. The Morgan fingerprint density at radius 2 is 1.55 bits per heavy atom. The molecule has 1 amide bonds. The van der Waals surface area contributed by atoms with Gasteiger partial charge in [-0.3, -0.25) is 9.69 Å². The highest BCUT2D eigenvalue weighted by molar-refractivity contribution is 5.79. The van der Waals surface area contributed by atoms with Crippen LogP contribution in [0.25, 0.3) is 11.1 Å². The van der Waals surface area contributed by atoms with E-state index >= 15 is 0 Å². The summed E-state index contributed by atoms with van der Waals surface area (Å²) in [5.41, 5.74) is 4.69. The molecule has 2 heterocycles. The Morgan fingerprint density at radius 1 is 0.871 bits per heavy atom. The van der Waals surface area contributed by atoms with E-state index in [1.54, 1.807) is 0 Å². The molecule has 3 aromatic rings. The van der Waals surface area contributed by atoms with E-state index < -0.39 is 0 Å². The predicted octanol–water partition coefficient (Wildman–Crippen LogP) is 4.97. The number of aromatic nitrogens is 1. The smallest absolute Gasteiger partial charge is 0.224 e. The standard InChI is InChI=1S/C27H33N3O/c1-29-17-9-12-25(29)26(30-18-7-2-3-8-19-30)21-28-27(31)20-22-13-15-24(16-14-22)23-10-5-4-6-11-23/h4-6,9-17,26H,2-3,7-8,18-21H2,1H3,(H,28,31). The molecule has 4 heteroatoms. The monoisotopic (exact) mass is 415 g/mol. The van der Waals surface area contributed by atoms with Crippen LogP contribution in [0.1, 0.15) is 43.0 Å². The van der Waals surface area contributed by atoms with E-state index in [4.69, 9.17) is 0 Å². The van der Waals surface area contributed by atoms with Gasteiger partial charge in [0.1, 0.15) is 0 Å². The van der Waals surface area contributed by atoms with Crippen molar-refractivity contribution in [2.75, 3.05) is 19.6 Å². The zero-order valence-corrected chi connectivity index (χ0v) is 18.5. The maximum Gasteiger partial charge on any atom is 0.224 e. The predicted molar refractivity (Wildman–Crippen MR) is 127 cm³/mol. The van der Waals surface area contributed by atoms with E-state index in [2.05, 4.69) is 76.6 Å². The summed E-state index contributed by atoms with van der Waals surface area (Å²) in [7, 11) is 2.09. The zero-order chi connectivity index (χ0) is 21.5. The van der Waals surface area contributed by atoms with Crippen LogP contribution in [0.2, 0.25) is 0 Å². The van der Waals surface area contributed by atoms with Gasteiger partial charge in [-0.2, -0.15) is 0 Å². The summed E-state index contributed by atoms with van der Waals surface area (Å²) in [6.45, 7) is 2.86. The molecule has 1 fully saturated rings. The Morgan fingerprint density at radius 3 is 2.19 bits per heavy atom. The van der Waals surface area contributed by atoms with Crippen molar-refractivity contribution < 1.29 is 4.79 Å². The van der Waals surface area contributed by atoms with Crippen LogP contribution in [-0.2, 0) is 18.3 Å². The molecule has 2 aromatic carbocycles. The normalized spacial score (nSPS) is 15.9. The zero-order valence-electron chi connectivity index (χ0n) is 18.5. The van der Waals surface area contributed by atoms with Gasteiger partial charge in [-0.05, 0) is 54.8 Å². The molecule has 1 unspecified atom stereocenters. The van der Waals surface area contributed by atoms with Crippen molar-refractivity contribution in [3.8, 4) is 11.1 Å². The average Bonchev–Trinajstić information content (AvgIpc) is 3.04. The highest BCUT2D eigenvalue weighted by Gasteiger charge is 2.24. The Balaban J connectivity index is 1.38. The molecule has 4 rings (SSSR count). The molecule has 0 bridgehead atoms. The lowest BCUT2D eigenvalue weighted by Gasteiger charge is -2.31. The maximum atomic E-state index is 12.7. The van der Waals surface area contributed by atoms with Crippen molar-refractivity contribution in [3.63, 3.8) is 0 Å². The first-order chi connectivity index (χ1) is 15.2. The van der Waals surface area contributed by atoms with Crippen LogP contribution < -0.4 is 5.32 Å². The van der Waals surface area contributed by atoms with Crippen molar-refractivity contribution in [2.45, 2.75) is 38.1 Å². The van der Waals surface area contributed by atoms with Gasteiger partial charge in [0, 0.05) is 25.5 Å². The van der Waals surface area contributed by atoms with E-state index in [1.807, 2.05) is 18.2 Å². The molecular formula is C27H33N3O. The van der Waals surface area contributed by atoms with Crippen molar-refractivity contribution in [1.29, 1.82) is 0 Å². The van der Waals surface area contributed by atoms with Crippen LogP contribution in [0.15, 0.2) is 72.9 Å². The second-order valence-electron chi connectivity index (χ2n) is 8.55. The van der Waals surface area contributed by atoms with Crippen LogP contribution in [-0.4, -0.2) is 35.0 Å². The first-order valence-electron chi connectivity index (χ1n) is 11.5. The van der Waals surface area contributed by atoms with Crippen LogP contribution in [0.3, 0.4) is 0 Å². The number of hydrogen-bond donors (Lipinski definition) is 1. The molecule has 1 N–H and O–H groups in total. The molecule has 0 saturated carbocycles. The first kappa shape index (κ1) is 21.4. The second kappa shape index (κ2) is 10.5. The van der Waals surface area contributed by atoms with E-state index in [1.165, 1.54) is 42.5 Å². The summed E-state index contributed by atoms with van der Waals surface area (Å²) in [6, 6.07) is 23.1. The fourth-order valence-corrected chi connectivity index (χ4v) is 4.55. The summed E-state index contributed by atoms with van der Waals surface area (Å²) < 4.78 is 2.18. The fraction of sp³-hybridized carbons (Fsp3) is 0.370. The molecule has 4 nitrogen and oxygen atoms in total. The lowest BCUT2D eigenvalue weighted by molar-refractivity contribution is -0.120. The molecule has 31 heavy (non-hydrogen) atoms. The van der Waals surface area contributed by atoms with Gasteiger partial charge in [0.05, 0.1) is 12.5 Å². The third-order valence-corrected chi connectivity index (χ3v) is 6.33. The van der Waals surface area contributed by atoms with E-state index in [0.29, 0.717) is 13.0 Å². The summed E-state index contributed by atoms with van der Waals surface area (Å²) in [5, 5.41) is 3.22. The number of amides is 1. The number of aryl methyl sites for hydroxylation is 1. The van der Waals surface area contributed by atoms with E-state index in [9.17, 15) is 4.79 Å². The topological polar surface area (TPSA) is 37.3 Å². The number of rotatable bonds is 7. The van der Waals surface area contributed by atoms with Gasteiger partial charge in [0.25, 0.3) is 0 Å². The molecule has 1 atom stereocenters. The number of carbonyl (C=O) groups is 1.